The highest BCUT2D eigenvalue weighted by Gasteiger charge is 2.08. The zero-order valence-electron chi connectivity index (χ0n) is 11.9. The van der Waals surface area contributed by atoms with Crippen LogP contribution in [0.25, 0.3) is 0 Å². The minimum Gasteiger partial charge on any atom is -0.506 e. The molecule has 0 heterocycles. The van der Waals surface area contributed by atoms with Gasteiger partial charge in [0.15, 0.2) is 0 Å². The van der Waals surface area contributed by atoms with Crippen LogP contribution < -0.4 is 10.2 Å². The molecule has 0 atom stereocenters. The average molecular weight is 305 g/mol. The molecular formula is C16H17ClN2O2. The molecule has 0 aliphatic carbocycles. The van der Waals surface area contributed by atoms with E-state index in [1.165, 1.54) is 18.2 Å². The first-order valence-corrected chi connectivity index (χ1v) is 6.88. The van der Waals surface area contributed by atoms with Gasteiger partial charge in [-0.2, -0.15) is 0 Å². The van der Waals surface area contributed by atoms with E-state index in [-0.39, 0.29) is 16.7 Å². The second-order valence-corrected chi connectivity index (χ2v) is 5.32. The molecule has 1 amide bonds. The molecule has 4 nitrogen and oxygen atoms in total. The number of nitrogens with one attached hydrogen (secondary N) is 1. The molecule has 21 heavy (non-hydrogen) atoms. The van der Waals surface area contributed by atoms with E-state index < -0.39 is 0 Å². The van der Waals surface area contributed by atoms with Crippen molar-refractivity contribution in [2.45, 2.75) is 6.54 Å². The molecule has 0 unspecified atom stereocenters. The Labute approximate surface area is 129 Å². The van der Waals surface area contributed by atoms with Crippen molar-refractivity contribution in [3.8, 4) is 5.75 Å². The predicted molar refractivity (Wildman–Crippen MR) is 85.1 cm³/mol. The zero-order valence-corrected chi connectivity index (χ0v) is 12.7. The lowest BCUT2D eigenvalue weighted by Crippen LogP contribution is -2.22. The number of carbonyl (C=O) groups is 1. The Kier molecular flexibility index (Phi) is 4.70. The summed E-state index contributed by atoms with van der Waals surface area (Å²) in [5.74, 6) is -0.263. The van der Waals surface area contributed by atoms with Crippen molar-refractivity contribution in [2.24, 2.45) is 0 Å². The zero-order chi connectivity index (χ0) is 15.4. The van der Waals surface area contributed by atoms with Gasteiger partial charge in [-0.05, 0) is 35.9 Å². The summed E-state index contributed by atoms with van der Waals surface area (Å²) in [7, 11) is 3.96. The summed E-state index contributed by atoms with van der Waals surface area (Å²) in [5.41, 5.74) is 2.54. The molecule has 0 fully saturated rings. The van der Waals surface area contributed by atoms with Crippen molar-refractivity contribution in [2.75, 3.05) is 19.0 Å². The van der Waals surface area contributed by atoms with E-state index in [4.69, 9.17) is 11.6 Å². The maximum absolute atomic E-state index is 12.0. The molecule has 0 saturated carbocycles. The van der Waals surface area contributed by atoms with E-state index in [9.17, 15) is 9.90 Å². The summed E-state index contributed by atoms with van der Waals surface area (Å²) in [6.07, 6.45) is 0. The Morgan fingerprint density at radius 3 is 2.43 bits per heavy atom. The summed E-state index contributed by atoms with van der Waals surface area (Å²) in [6.45, 7) is 0.436. The van der Waals surface area contributed by atoms with E-state index in [2.05, 4.69) is 5.32 Å². The van der Waals surface area contributed by atoms with Gasteiger partial charge < -0.3 is 15.3 Å². The van der Waals surface area contributed by atoms with Crippen LogP contribution >= 0.6 is 11.6 Å². The van der Waals surface area contributed by atoms with Gasteiger partial charge in [0.25, 0.3) is 5.91 Å². The van der Waals surface area contributed by atoms with Crippen LogP contribution in [-0.4, -0.2) is 25.1 Å². The lowest BCUT2D eigenvalue weighted by molar-refractivity contribution is 0.0951. The van der Waals surface area contributed by atoms with Crippen molar-refractivity contribution in [3.63, 3.8) is 0 Å². The molecule has 0 radical (unpaired) electrons. The quantitative estimate of drug-likeness (QED) is 0.913. The minimum atomic E-state index is -0.228. The first-order chi connectivity index (χ1) is 9.97. The number of hydrogen-bond acceptors (Lipinski definition) is 3. The molecule has 0 saturated heterocycles. The van der Waals surface area contributed by atoms with E-state index in [0.29, 0.717) is 12.1 Å². The van der Waals surface area contributed by atoms with E-state index >= 15 is 0 Å². The number of benzene rings is 2. The standard InChI is InChI=1S/C16H17ClN2O2/c1-19(2)13-6-3-11(4-7-13)10-18-16(21)12-5-8-15(20)14(17)9-12/h3-9,20H,10H2,1-2H3,(H,18,21). The Hall–Kier alpha value is -2.20. The number of halogens is 1. The van der Waals surface area contributed by atoms with Gasteiger partial charge in [-0.3, -0.25) is 4.79 Å². The number of phenolic OH excluding ortho intramolecular Hbond substituents is 1. The summed E-state index contributed by atoms with van der Waals surface area (Å²) >= 11 is 5.79. The number of anilines is 1. The van der Waals surface area contributed by atoms with Gasteiger partial charge in [0.05, 0.1) is 5.02 Å². The van der Waals surface area contributed by atoms with Gasteiger partial charge in [0.1, 0.15) is 5.75 Å². The van der Waals surface area contributed by atoms with Crippen molar-refractivity contribution in [1.82, 2.24) is 5.32 Å². The molecule has 2 aromatic carbocycles. The van der Waals surface area contributed by atoms with Gasteiger partial charge >= 0.3 is 0 Å². The lowest BCUT2D eigenvalue weighted by atomic mass is 10.1. The summed E-state index contributed by atoms with van der Waals surface area (Å²) in [6, 6.07) is 12.3. The Bertz CT molecular complexity index is 639. The summed E-state index contributed by atoms with van der Waals surface area (Å²) in [4.78, 5) is 14.0. The van der Waals surface area contributed by atoms with Gasteiger partial charge in [0, 0.05) is 31.9 Å². The number of nitrogens with zero attached hydrogens (tertiary/aromatic N) is 1. The van der Waals surface area contributed by atoms with E-state index in [0.717, 1.165) is 11.3 Å². The van der Waals surface area contributed by atoms with Crippen LogP contribution in [0, 0.1) is 0 Å². The van der Waals surface area contributed by atoms with Crippen LogP contribution in [0.5, 0.6) is 5.75 Å². The van der Waals surface area contributed by atoms with Gasteiger partial charge in [-0.15, -0.1) is 0 Å². The Morgan fingerprint density at radius 1 is 1.19 bits per heavy atom. The molecule has 0 bridgehead atoms. The van der Waals surface area contributed by atoms with Crippen molar-refractivity contribution < 1.29 is 9.90 Å². The maximum atomic E-state index is 12.0. The molecule has 2 N–H and O–H groups in total. The van der Waals surface area contributed by atoms with E-state index in [1.54, 1.807) is 0 Å². The number of phenols is 1. The molecule has 110 valence electrons. The second kappa shape index (κ2) is 6.50. The molecular weight excluding hydrogens is 288 g/mol. The third kappa shape index (κ3) is 3.89. The SMILES string of the molecule is CN(C)c1ccc(CNC(=O)c2ccc(O)c(Cl)c2)cc1. The fourth-order valence-corrected chi connectivity index (χ4v) is 2.03. The summed E-state index contributed by atoms with van der Waals surface area (Å²) in [5, 5.41) is 12.3. The first-order valence-electron chi connectivity index (χ1n) is 6.50. The van der Waals surface area contributed by atoms with Crippen LogP contribution in [0.4, 0.5) is 5.69 Å². The first kappa shape index (κ1) is 15.2. The monoisotopic (exact) mass is 304 g/mol. The van der Waals surface area contributed by atoms with Crippen molar-refractivity contribution >= 4 is 23.2 Å². The number of aromatic hydroxyl groups is 1. The largest absolute Gasteiger partial charge is 0.506 e. The summed E-state index contributed by atoms with van der Waals surface area (Å²) < 4.78 is 0. The van der Waals surface area contributed by atoms with Gasteiger partial charge in [-0.1, -0.05) is 23.7 Å². The van der Waals surface area contributed by atoms with Crippen molar-refractivity contribution in [3.05, 3.63) is 58.6 Å². The van der Waals surface area contributed by atoms with Crippen LogP contribution in [-0.2, 0) is 6.54 Å². The Morgan fingerprint density at radius 2 is 1.86 bits per heavy atom. The fourth-order valence-electron chi connectivity index (χ4n) is 1.84. The predicted octanol–water partition coefficient (Wildman–Crippen LogP) is 3.04. The highest BCUT2D eigenvalue weighted by atomic mass is 35.5. The average Bonchev–Trinajstić information content (AvgIpc) is 2.48. The van der Waals surface area contributed by atoms with Gasteiger partial charge in [0.2, 0.25) is 0 Å². The lowest BCUT2D eigenvalue weighted by Gasteiger charge is -2.13. The highest BCUT2D eigenvalue weighted by molar-refractivity contribution is 6.32. The maximum Gasteiger partial charge on any atom is 0.251 e. The third-order valence-electron chi connectivity index (χ3n) is 3.12. The molecule has 0 spiro atoms. The number of hydrogen-bond donors (Lipinski definition) is 2. The molecule has 2 aromatic rings. The van der Waals surface area contributed by atoms with E-state index in [1.807, 2.05) is 43.3 Å². The molecule has 2 rings (SSSR count). The normalized spacial score (nSPS) is 10.2. The van der Waals surface area contributed by atoms with Crippen LogP contribution in [0.15, 0.2) is 42.5 Å². The van der Waals surface area contributed by atoms with Gasteiger partial charge in [-0.25, -0.2) is 0 Å². The minimum absolute atomic E-state index is 0.0347. The van der Waals surface area contributed by atoms with Crippen molar-refractivity contribution in [1.29, 1.82) is 0 Å². The van der Waals surface area contributed by atoms with Crippen LogP contribution in [0.2, 0.25) is 5.02 Å². The number of rotatable bonds is 4. The van der Waals surface area contributed by atoms with Crippen LogP contribution in [0.3, 0.4) is 0 Å². The highest BCUT2D eigenvalue weighted by Crippen LogP contribution is 2.23. The molecule has 5 heteroatoms. The van der Waals surface area contributed by atoms with Crippen LogP contribution in [0.1, 0.15) is 15.9 Å². The third-order valence-corrected chi connectivity index (χ3v) is 3.42. The number of carbonyl (C=O) groups excluding carboxylic acids is 1. The molecule has 0 aliphatic rings. The molecule has 0 aromatic heterocycles. The Balaban J connectivity index is 1.98. The fraction of sp³-hybridized carbons (Fsp3) is 0.188. The molecule has 0 aliphatic heterocycles. The second-order valence-electron chi connectivity index (χ2n) is 4.91. The topological polar surface area (TPSA) is 52.6 Å². The smallest absolute Gasteiger partial charge is 0.251 e. The number of amides is 1.